The lowest BCUT2D eigenvalue weighted by molar-refractivity contribution is -0.163. The molecule has 1 rings (SSSR count). The molecule has 0 radical (unpaired) electrons. The van der Waals surface area contributed by atoms with Crippen LogP contribution in [0.5, 0.6) is 0 Å². The summed E-state index contributed by atoms with van der Waals surface area (Å²) in [6, 6.07) is 8.76. The van der Waals surface area contributed by atoms with E-state index in [2.05, 4.69) is 45.0 Å². The highest BCUT2D eigenvalue weighted by Gasteiger charge is 2.33. The molecule has 0 saturated carbocycles. The lowest BCUT2D eigenvalue weighted by Gasteiger charge is -2.28. The van der Waals surface area contributed by atoms with Gasteiger partial charge in [-0.05, 0) is 76.3 Å². The van der Waals surface area contributed by atoms with Crippen LogP contribution in [0.15, 0.2) is 24.3 Å². The predicted molar refractivity (Wildman–Crippen MR) is 123 cm³/mol. The highest BCUT2D eigenvalue weighted by Crippen LogP contribution is 2.36. The van der Waals surface area contributed by atoms with Gasteiger partial charge in [0.25, 0.3) is 0 Å². The van der Waals surface area contributed by atoms with Crippen molar-refractivity contribution in [2.45, 2.75) is 92.9 Å². The molecular weight excluding hydrogens is 376 g/mol. The standard InChI is InChI=1S/C26H42O4/c1-9-19(4)21-13-12-14-22(17-21)20(10-2)18-26(7,8)24(28)30-16-15-29-23(27)25(5,6)11-3/h12-14,17,19-20H,9-11,15-16,18H2,1-8H3. The van der Waals surface area contributed by atoms with Gasteiger partial charge in [0.1, 0.15) is 13.2 Å². The normalized spacial score (nSPS) is 14.1. The fraction of sp³-hybridized carbons (Fsp3) is 0.692. The second-order valence-corrected chi connectivity index (χ2v) is 9.68. The van der Waals surface area contributed by atoms with Gasteiger partial charge in [-0.25, -0.2) is 0 Å². The summed E-state index contributed by atoms with van der Waals surface area (Å²) in [5, 5.41) is 0. The Morgan fingerprint density at radius 3 is 1.90 bits per heavy atom. The van der Waals surface area contributed by atoms with Crippen LogP contribution in [0.1, 0.15) is 104 Å². The van der Waals surface area contributed by atoms with Gasteiger partial charge in [-0.1, -0.05) is 52.0 Å². The summed E-state index contributed by atoms with van der Waals surface area (Å²) in [5.74, 6) is 0.318. The number of carbonyl (C=O) groups excluding carboxylic acids is 2. The fourth-order valence-electron chi connectivity index (χ4n) is 3.36. The fourth-order valence-corrected chi connectivity index (χ4v) is 3.36. The zero-order valence-electron chi connectivity index (χ0n) is 20.3. The minimum atomic E-state index is -0.611. The zero-order valence-corrected chi connectivity index (χ0v) is 20.3. The Morgan fingerprint density at radius 1 is 0.867 bits per heavy atom. The molecule has 0 saturated heterocycles. The van der Waals surface area contributed by atoms with E-state index in [1.807, 2.05) is 34.6 Å². The predicted octanol–water partition coefficient (Wildman–Crippen LogP) is 6.63. The quantitative estimate of drug-likeness (QED) is 0.282. The summed E-state index contributed by atoms with van der Waals surface area (Å²) in [6.07, 6.45) is 3.49. The summed E-state index contributed by atoms with van der Waals surface area (Å²) >= 11 is 0. The van der Waals surface area contributed by atoms with E-state index >= 15 is 0 Å². The van der Waals surface area contributed by atoms with Crippen LogP contribution in [-0.2, 0) is 19.1 Å². The largest absolute Gasteiger partial charge is 0.462 e. The smallest absolute Gasteiger partial charge is 0.311 e. The second kappa shape index (κ2) is 11.5. The Hall–Kier alpha value is -1.84. The van der Waals surface area contributed by atoms with Crippen molar-refractivity contribution in [2.75, 3.05) is 13.2 Å². The molecule has 4 heteroatoms. The Morgan fingerprint density at radius 2 is 1.40 bits per heavy atom. The molecule has 0 heterocycles. The highest BCUT2D eigenvalue weighted by molar-refractivity contribution is 5.76. The van der Waals surface area contributed by atoms with Gasteiger partial charge in [-0.2, -0.15) is 0 Å². The first-order valence-corrected chi connectivity index (χ1v) is 11.4. The minimum Gasteiger partial charge on any atom is -0.462 e. The summed E-state index contributed by atoms with van der Waals surface area (Å²) in [5.41, 5.74) is 1.51. The lowest BCUT2D eigenvalue weighted by Crippen LogP contribution is -2.31. The molecule has 0 aliphatic carbocycles. The Labute approximate surface area is 183 Å². The number of hydrogen-bond acceptors (Lipinski definition) is 4. The molecular formula is C26H42O4. The van der Waals surface area contributed by atoms with Crippen molar-refractivity contribution in [1.82, 2.24) is 0 Å². The molecule has 2 atom stereocenters. The Bertz CT molecular complexity index is 690. The average molecular weight is 419 g/mol. The van der Waals surface area contributed by atoms with Crippen molar-refractivity contribution in [3.05, 3.63) is 35.4 Å². The molecule has 1 aromatic rings. The van der Waals surface area contributed by atoms with Crippen LogP contribution in [0.3, 0.4) is 0 Å². The van der Waals surface area contributed by atoms with Crippen molar-refractivity contribution in [1.29, 1.82) is 0 Å². The van der Waals surface area contributed by atoms with Crippen LogP contribution in [0.2, 0.25) is 0 Å². The first-order valence-electron chi connectivity index (χ1n) is 11.4. The Kier molecular flexibility index (Phi) is 10.1. The topological polar surface area (TPSA) is 52.6 Å². The van der Waals surface area contributed by atoms with E-state index in [1.54, 1.807) is 0 Å². The van der Waals surface area contributed by atoms with Crippen LogP contribution in [0.25, 0.3) is 0 Å². The van der Waals surface area contributed by atoms with Gasteiger partial charge in [-0.3, -0.25) is 9.59 Å². The number of carbonyl (C=O) groups is 2. The van der Waals surface area contributed by atoms with E-state index in [1.165, 1.54) is 11.1 Å². The molecule has 2 unspecified atom stereocenters. The van der Waals surface area contributed by atoms with Crippen molar-refractivity contribution in [3.8, 4) is 0 Å². The maximum absolute atomic E-state index is 12.7. The number of esters is 2. The van der Waals surface area contributed by atoms with Gasteiger partial charge in [-0.15, -0.1) is 0 Å². The van der Waals surface area contributed by atoms with Crippen molar-refractivity contribution in [2.24, 2.45) is 10.8 Å². The third-order valence-corrected chi connectivity index (χ3v) is 6.35. The summed E-state index contributed by atoms with van der Waals surface area (Å²) < 4.78 is 10.7. The molecule has 0 fully saturated rings. The maximum atomic E-state index is 12.7. The first-order chi connectivity index (χ1) is 14.0. The van der Waals surface area contributed by atoms with E-state index in [-0.39, 0.29) is 25.2 Å². The van der Waals surface area contributed by atoms with Crippen molar-refractivity contribution < 1.29 is 19.1 Å². The SMILES string of the molecule is CCC(C)c1cccc(C(CC)CC(C)(C)C(=O)OCCOC(=O)C(C)(C)CC)c1. The number of benzene rings is 1. The van der Waals surface area contributed by atoms with Gasteiger partial charge < -0.3 is 9.47 Å². The Balaban J connectivity index is 2.67. The molecule has 0 aliphatic rings. The van der Waals surface area contributed by atoms with Gasteiger partial charge in [0.15, 0.2) is 0 Å². The maximum Gasteiger partial charge on any atom is 0.311 e. The molecule has 30 heavy (non-hydrogen) atoms. The van der Waals surface area contributed by atoms with Crippen LogP contribution >= 0.6 is 0 Å². The van der Waals surface area contributed by atoms with Crippen LogP contribution < -0.4 is 0 Å². The zero-order chi connectivity index (χ0) is 22.9. The van der Waals surface area contributed by atoms with Gasteiger partial charge in [0, 0.05) is 0 Å². The third-order valence-electron chi connectivity index (χ3n) is 6.35. The van der Waals surface area contributed by atoms with Gasteiger partial charge in [0.2, 0.25) is 0 Å². The molecule has 0 aromatic heterocycles. The summed E-state index contributed by atoms with van der Waals surface area (Å²) in [4.78, 5) is 24.7. The third kappa shape index (κ3) is 7.45. The minimum absolute atomic E-state index is 0.0914. The number of rotatable bonds is 12. The van der Waals surface area contributed by atoms with E-state index in [0.29, 0.717) is 18.3 Å². The van der Waals surface area contributed by atoms with Crippen molar-refractivity contribution >= 4 is 11.9 Å². The van der Waals surface area contributed by atoms with Gasteiger partial charge in [0.05, 0.1) is 10.8 Å². The second-order valence-electron chi connectivity index (χ2n) is 9.68. The number of hydrogen-bond donors (Lipinski definition) is 0. The molecule has 0 N–H and O–H groups in total. The van der Waals surface area contributed by atoms with Gasteiger partial charge >= 0.3 is 11.9 Å². The average Bonchev–Trinajstić information content (AvgIpc) is 2.73. The lowest BCUT2D eigenvalue weighted by atomic mass is 9.78. The summed E-state index contributed by atoms with van der Waals surface area (Å²) in [6.45, 7) is 16.3. The molecule has 0 bridgehead atoms. The molecule has 0 spiro atoms. The molecule has 170 valence electrons. The molecule has 1 aromatic carbocycles. The van der Waals surface area contributed by atoms with Crippen LogP contribution in [0, 0.1) is 10.8 Å². The summed E-state index contributed by atoms with van der Waals surface area (Å²) in [7, 11) is 0. The van der Waals surface area contributed by atoms with Crippen LogP contribution in [0.4, 0.5) is 0 Å². The van der Waals surface area contributed by atoms with Crippen molar-refractivity contribution in [3.63, 3.8) is 0 Å². The van der Waals surface area contributed by atoms with E-state index in [9.17, 15) is 9.59 Å². The number of ether oxygens (including phenoxy) is 2. The van der Waals surface area contributed by atoms with E-state index < -0.39 is 10.8 Å². The van der Waals surface area contributed by atoms with E-state index in [4.69, 9.17) is 9.47 Å². The molecule has 4 nitrogen and oxygen atoms in total. The first kappa shape index (κ1) is 26.2. The molecule has 0 aliphatic heterocycles. The van der Waals surface area contributed by atoms with E-state index in [0.717, 1.165) is 19.3 Å². The van der Waals surface area contributed by atoms with Crippen LogP contribution in [-0.4, -0.2) is 25.2 Å². The highest BCUT2D eigenvalue weighted by atomic mass is 16.6. The monoisotopic (exact) mass is 418 g/mol. The molecule has 0 amide bonds.